The van der Waals surface area contributed by atoms with E-state index < -0.39 is 5.60 Å². The molecular weight excluding hydrogens is 564 g/mol. The van der Waals surface area contributed by atoms with Crippen molar-refractivity contribution in [2.24, 2.45) is 45.8 Å². The highest BCUT2D eigenvalue weighted by molar-refractivity contribution is 5.82. The number of hydrogen-bond donors (Lipinski definition) is 0. The molecule has 1 aromatic rings. The van der Waals surface area contributed by atoms with Crippen LogP contribution in [0.2, 0.25) is 0 Å². The molecule has 2 unspecified atom stereocenters. The summed E-state index contributed by atoms with van der Waals surface area (Å²) in [6, 6.07) is 2.44. The SMILES string of the molecule is C=C(C)C1CCC(C)[C@@]23CC=C(C)[C@@]2(C1)Oc1c(cc2c(c1C)C=C[C@H]1[C@@]2(C)CC[C@@]2(C)[C@@H]4C[C@@H](C)C(=O)C[C@]4(C)CC[C@]12C)O3. The molecule has 0 spiro atoms. The first-order valence-electron chi connectivity index (χ1n) is 18.6. The zero-order valence-corrected chi connectivity index (χ0v) is 30.2. The topological polar surface area (TPSA) is 35.5 Å². The van der Waals surface area contributed by atoms with Crippen molar-refractivity contribution >= 4 is 11.9 Å². The summed E-state index contributed by atoms with van der Waals surface area (Å²) < 4.78 is 15.0. The van der Waals surface area contributed by atoms with Crippen LogP contribution in [-0.2, 0) is 10.2 Å². The lowest BCUT2D eigenvalue weighted by molar-refractivity contribution is -0.191. The monoisotopic (exact) mass is 622 g/mol. The first-order valence-corrected chi connectivity index (χ1v) is 18.6. The zero-order valence-electron chi connectivity index (χ0n) is 30.2. The van der Waals surface area contributed by atoms with Gasteiger partial charge >= 0.3 is 0 Å². The van der Waals surface area contributed by atoms with Crippen LogP contribution in [0.1, 0.15) is 136 Å². The largest absolute Gasteiger partial charge is 0.478 e. The molecule has 248 valence electrons. The Bertz CT molecular complexity index is 1610. The number of rotatable bonds is 1. The quantitative estimate of drug-likeness (QED) is 0.292. The third kappa shape index (κ3) is 3.54. The average Bonchev–Trinajstić information content (AvgIpc) is 3.21. The molecule has 0 N–H and O–H groups in total. The Kier molecular flexibility index (Phi) is 6.36. The Morgan fingerprint density at radius 3 is 2.46 bits per heavy atom. The predicted molar refractivity (Wildman–Crippen MR) is 187 cm³/mol. The Hall–Kier alpha value is -2.29. The van der Waals surface area contributed by atoms with Crippen molar-refractivity contribution in [1.29, 1.82) is 0 Å². The van der Waals surface area contributed by atoms with Gasteiger partial charge in [-0.1, -0.05) is 71.9 Å². The maximum Gasteiger partial charge on any atom is 0.170 e. The number of allylic oxidation sites excluding steroid dienone is 2. The molecule has 0 aromatic heterocycles. The lowest BCUT2D eigenvalue weighted by Crippen LogP contribution is -2.65. The van der Waals surface area contributed by atoms with Gasteiger partial charge in [0.2, 0.25) is 0 Å². The number of Topliss-reactive ketones (excluding diaryl/α,β-unsaturated/α-hetero) is 1. The number of carbonyl (C=O) groups is 1. The number of carbonyl (C=O) groups excluding carboxylic acids is 1. The van der Waals surface area contributed by atoms with E-state index in [4.69, 9.17) is 9.47 Å². The van der Waals surface area contributed by atoms with Crippen molar-refractivity contribution < 1.29 is 14.3 Å². The summed E-state index contributed by atoms with van der Waals surface area (Å²) >= 11 is 0. The normalized spacial score (nSPS) is 48.5. The number of ether oxygens (including phenoxy) is 2. The van der Waals surface area contributed by atoms with Crippen molar-refractivity contribution in [3.8, 4) is 11.5 Å². The van der Waals surface area contributed by atoms with Crippen LogP contribution in [0.25, 0.3) is 6.08 Å². The van der Waals surface area contributed by atoms with Gasteiger partial charge in [0, 0.05) is 42.1 Å². The van der Waals surface area contributed by atoms with Crippen LogP contribution in [0.5, 0.6) is 11.5 Å². The smallest absolute Gasteiger partial charge is 0.170 e. The number of hydrogen-bond acceptors (Lipinski definition) is 3. The molecule has 11 atom stereocenters. The molecule has 0 bridgehead atoms. The first-order chi connectivity index (χ1) is 21.6. The van der Waals surface area contributed by atoms with Gasteiger partial charge in [0.05, 0.1) is 0 Å². The van der Waals surface area contributed by atoms with E-state index in [1.54, 1.807) is 0 Å². The van der Waals surface area contributed by atoms with Gasteiger partial charge in [-0.05, 0) is 122 Å². The molecule has 3 nitrogen and oxygen atoms in total. The van der Waals surface area contributed by atoms with E-state index in [0.29, 0.717) is 29.5 Å². The van der Waals surface area contributed by atoms with Crippen LogP contribution in [0.3, 0.4) is 0 Å². The highest BCUT2D eigenvalue weighted by atomic mass is 16.6. The van der Waals surface area contributed by atoms with E-state index in [1.165, 1.54) is 47.1 Å². The van der Waals surface area contributed by atoms with Gasteiger partial charge in [-0.2, -0.15) is 0 Å². The van der Waals surface area contributed by atoms with Gasteiger partial charge in [0.15, 0.2) is 22.7 Å². The van der Waals surface area contributed by atoms with Crippen LogP contribution in [-0.4, -0.2) is 17.0 Å². The third-order valence-electron chi connectivity index (χ3n) is 16.6. The molecule has 1 heterocycles. The van der Waals surface area contributed by atoms with Crippen LogP contribution >= 0.6 is 0 Å². The number of ketones is 1. The van der Waals surface area contributed by atoms with Gasteiger partial charge in [-0.15, -0.1) is 0 Å². The fourth-order valence-electron chi connectivity index (χ4n) is 13.2. The molecule has 6 aliphatic carbocycles. The summed E-state index contributed by atoms with van der Waals surface area (Å²) in [4.78, 5) is 13.0. The second-order valence-electron chi connectivity index (χ2n) is 18.6. The van der Waals surface area contributed by atoms with E-state index in [0.717, 1.165) is 56.4 Å². The van der Waals surface area contributed by atoms with E-state index in [2.05, 4.69) is 93.2 Å². The molecule has 1 aliphatic heterocycles. The highest BCUT2D eigenvalue weighted by Crippen LogP contribution is 2.74. The summed E-state index contributed by atoms with van der Waals surface area (Å²) in [6.45, 7) is 26.0. The highest BCUT2D eigenvalue weighted by Gasteiger charge is 2.69. The maximum atomic E-state index is 13.0. The van der Waals surface area contributed by atoms with E-state index >= 15 is 0 Å². The second-order valence-corrected chi connectivity index (χ2v) is 18.6. The van der Waals surface area contributed by atoms with Crippen molar-refractivity contribution in [3.05, 3.63) is 52.6 Å². The molecule has 0 saturated heterocycles. The van der Waals surface area contributed by atoms with Crippen molar-refractivity contribution in [2.75, 3.05) is 0 Å². The van der Waals surface area contributed by atoms with E-state index in [1.807, 2.05) is 0 Å². The molecular formula is C43H58O3. The summed E-state index contributed by atoms with van der Waals surface area (Å²) in [7, 11) is 0. The molecule has 0 radical (unpaired) electrons. The van der Waals surface area contributed by atoms with Crippen molar-refractivity contribution in [2.45, 2.75) is 143 Å². The summed E-state index contributed by atoms with van der Waals surface area (Å²) in [6.07, 6.45) is 18.2. The molecule has 46 heavy (non-hydrogen) atoms. The molecule has 7 aliphatic rings. The molecule has 4 saturated carbocycles. The minimum atomic E-state index is -0.448. The van der Waals surface area contributed by atoms with Gasteiger partial charge in [0.25, 0.3) is 0 Å². The van der Waals surface area contributed by atoms with Crippen molar-refractivity contribution in [3.63, 3.8) is 0 Å². The molecule has 4 fully saturated rings. The van der Waals surface area contributed by atoms with Gasteiger partial charge in [-0.3, -0.25) is 4.79 Å². The Balaban J connectivity index is 1.23. The Morgan fingerprint density at radius 2 is 1.72 bits per heavy atom. The predicted octanol–water partition coefficient (Wildman–Crippen LogP) is 10.7. The summed E-state index contributed by atoms with van der Waals surface area (Å²) in [5.74, 6) is 4.49. The van der Waals surface area contributed by atoms with E-state index in [9.17, 15) is 4.79 Å². The summed E-state index contributed by atoms with van der Waals surface area (Å²) in [5, 5.41) is 0. The van der Waals surface area contributed by atoms with E-state index in [-0.39, 0.29) is 33.2 Å². The van der Waals surface area contributed by atoms with Gasteiger partial charge < -0.3 is 9.47 Å². The molecule has 0 amide bonds. The minimum Gasteiger partial charge on any atom is -0.478 e. The van der Waals surface area contributed by atoms with Crippen LogP contribution in [0.15, 0.2) is 35.9 Å². The van der Waals surface area contributed by atoms with Crippen LogP contribution in [0.4, 0.5) is 0 Å². The average molecular weight is 623 g/mol. The fourth-order valence-corrected chi connectivity index (χ4v) is 13.2. The van der Waals surface area contributed by atoms with Crippen molar-refractivity contribution in [1.82, 2.24) is 0 Å². The number of fused-ring (bicyclic) bond motifs is 8. The number of benzene rings is 1. The van der Waals surface area contributed by atoms with Gasteiger partial charge in [-0.25, -0.2) is 0 Å². The minimum absolute atomic E-state index is 0.0293. The van der Waals surface area contributed by atoms with Crippen LogP contribution < -0.4 is 9.47 Å². The lowest BCUT2D eigenvalue weighted by Gasteiger charge is -2.70. The second kappa shape index (κ2) is 9.44. The molecule has 1 aromatic carbocycles. The standard InChI is InChI=1S/C43H58O3/c1-25(2)30-12-11-27(4)42-16-15-28(5)43(42,23-30)46-37-29(6)31-13-14-35-39(8,32(31)22-34(37)45-42)18-20-41(10)36-21-26(3)33(44)24-38(36,7)17-19-40(35,41)9/h13-15,22,26-27,30,35-36H,1,11-12,16-21,23-24H2,2-10H3/t26-,27?,30?,35+,36-,38+,39+,40-,41+,42+,43-/m1/s1. The van der Waals surface area contributed by atoms with Crippen LogP contribution in [0, 0.1) is 52.8 Å². The summed E-state index contributed by atoms with van der Waals surface area (Å²) in [5.41, 5.74) is 6.40. The third-order valence-corrected chi connectivity index (χ3v) is 16.6. The maximum absolute atomic E-state index is 13.0. The molecule has 8 rings (SSSR count). The van der Waals surface area contributed by atoms with Gasteiger partial charge in [0.1, 0.15) is 5.78 Å². The zero-order chi connectivity index (χ0) is 32.8. The Morgan fingerprint density at radius 1 is 0.978 bits per heavy atom. The lowest BCUT2D eigenvalue weighted by atomic mass is 9.34. The first kappa shape index (κ1) is 31.0. The molecule has 3 heteroatoms. The fraction of sp³-hybridized carbons (Fsp3) is 0.698. The Labute approximate surface area is 278 Å².